The molecule has 0 aliphatic rings. The fourth-order valence-corrected chi connectivity index (χ4v) is 1.34. The molecule has 0 radical (unpaired) electrons. The second-order valence-corrected chi connectivity index (χ2v) is 3.76. The summed E-state index contributed by atoms with van der Waals surface area (Å²) in [5, 5.41) is 14.5. The van der Waals surface area contributed by atoms with Crippen LogP contribution in [0, 0.1) is 11.3 Å². The molecule has 0 spiro atoms. The summed E-state index contributed by atoms with van der Waals surface area (Å²) in [6.07, 6.45) is 1.02. The molecule has 0 fully saturated rings. The molecule has 1 aromatic rings. The van der Waals surface area contributed by atoms with Crippen molar-refractivity contribution in [3.05, 3.63) is 35.4 Å². The van der Waals surface area contributed by atoms with Crippen molar-refractivity contribution in [2.45, 2.75) is 19.9 Å². The van der Waals surface area contributed by atoms with Gasteiger partial charge in [0.25, 0.3) is 0 Å². The summed E-state index contributed by atoms with van der Waals surface area (Å²) in [6, 6.07) is 9.24. The first-order valence-electron chi connectivity index (χ1n) is 5.72. The number of nitrogens with zero attached hydrogens (tertiary/aromatic N) is 1. The number of nitrogens with one attached hydrogen (secondary N) is 2. The highest BCUT2D eigenvalue weighted by Gasteiger charge is 2.00. The summed E-state index contributed by atoms with van der Waals surface area (Å²) in [4.78, 5) is 11.4. The Balaban J connectivity index is 2.30. The van der Waals surface area contributed by atoms with E-state index in [0.29, 0.717) is 18.7 Å². The van der Waals surface area contributed by atoms with Crippen molar-refractivity contribution >= 4 is 5.91 Å². The molecule has 1 rings (SSSR count). The van der Waals surface area contributed by atoms with Crippen molar-refractivity contribution in [1.82, 2.24) is 10.6 Å². The molecule has 0 aliphatic carbocycles. The van der Waals surface area contributed by atoms with Gasteiger partial charge in [-0.05, 0) is 30.7 Å². The van der Waals surface area contributed by atoms with Gasteiger partial charge in [0, 0.05) is 6.54 Å². The van der Waals surface area contributed by atoms with Crippen molar-refractivity contribution in [3.8, 4) is 6.07 Å². The number of carbonyl (C=O) groups is 1. The molecule has 0 bridgehead atoms. The zero-order valence-electron chi connectivity index (χ0n) is 9.99. The van der Waals surface area contributed by atoms with Crippen LogP contribution in [0.15, 0.2) is 24.3 Å². The predicted octanol–water partition coefficient (Wildman–Crippen LogP) is 1.17. The smallest absolute Gasteiger partial charge is 0.234 e. The lowest BCUT2D eigenvalue weighted by Crippen LogP contribution is -2.33. The number of benzene rings is 1. The topological polar surface area (TPSA) is 64.9 Å². The van der Waals surface area contributed by atoms with E-state index in [1.165, 1.54) is 0 Å². The molecule has 4 heteroatoms. The lowest BCUT2D eigenvalue weighted by molar-refractivity contribution is -0.120. The largest absolute Gasteiger partial charge is 0.351 e. The molecule has 2 N–H and O–H groups in total. The van der Waals surface area contributed by atoms with E-state index in [1.807, 2.05) is 12.1 Å². The van der Waals surface area contributed by atoms with Gasteiger partial charge in [-0.3, -0.25) is 4.79 Å². The summed E-state index contributed by atoms with van der Waals surface area (Å²) < 4.78 is 0. The quantitative estimate of drug-likeness (QED) is 0.722. The van der Waals surface area contributed by atoms with Gasteiger partial charge in [0.2, 0.25) is 5.91 Å². The minimum atomic E-state index is -0.0113. The van der Waals surface area contributed by atoms with Crippen LogP contribution in [0.4, 0.5) is 0 Å². The van der Waals surface area contributed by atoms with Gasteiger partial charge in [0.05, 0.1) is 18.2 Å². The molecule has 0 atom stereocenters. The van der Waals surface area contributed by atoms with Crippen LogP contribution in [0.3, 0.4) is 0 Å². The second-order valence-electron chi connectivity index (χ2n) is 3.76. The van der Waals surface area contributed by atoms with Gasteiger partial charge in [-0.15, -0.1) is 0 Å². The van der Waals surface area contributed by atoms with Crippen LogP contribution in [0.5, 0.6) is 0 Å². The average Bonchev–Trinajstić information content (AvgIpc) is 2.37. The summed E-state index contributed by atoms with van der Waals surface area (Å²) >= 11 is 0. The number of carbonyl (C=O) groups excluding carboxylic acids is 1. The molecule has 0 unspecified atom stereocenters. The van der Waals surface area contributed by atoms with E-state index < -0.39 is 0 Å². The van der Waals surface area contributed by atoms with Gasteiger partial charge >= 0.3 is 0 Å². The van der Waals surface area contributed by atoms with Crippen LogP contribution in [0.2, 0.25) is 0 Å². The van der Waals surface area contributed by atoms with E-state index in [2.05, 4.69) is 23.6 Å². The Morgan fingerprint density at radius 2 is 2.06 bits per heavy atom. The summed E-state index contributed by atoms with van der Waals surface area (Å²) in [5.74, 6) is -0.0113. The van der Waals surface area contributed by atoms with Crippen molar-refractivity contribution in [3.63, 3.8) is 0 Å². The highest BCUT2D eigenvalue weighted by molar-refractivity contribution is 5.77. The standard InChI is InChI=1S/C13H17N3O/c1-2-7-15-10-13(17)16-9-12-5-3-11(8-14)4-6-12/h3-6,15H,2,7,9-10H2,1H3,(H,16,17). The molecule has 90 valence electrons. The molecule has 1 aromatic carbocycles. The first-order chi connectivity index (χ1) is 8.26. The van der Waals surface area contributed by atoms with Crippen LogP contribution in [0.1, 0.15) is 24.5 Å². The first kappa shape index (κ1) is 13.2. The Morgan fingerprint density at radius 1 is 1.35 bits per heavy atom. The zero-order valence-corrected chi connectivity index (χ0v) is 9.99. The SMILES string of the molecule is CCCNCC(=O)NCc1ccc(C#N)cc1. The van der Waals surface area contributed by atoms with Crippen molar-refractivity contribution in [1.29, 1.82) is 5.26 Å². The van der Waals surface area contributed by atoms with Crippen molar-refractivity contribution < 1.29 is 4.79 Å². The lowest BCUT2D eigenvalue weighted by Gasteiger charge is -2.06. The molecule has 0 aromatic heterocycles. The van der Waals surface area contributed by atoms with Crippen molar-refractivity contribution in [2.24, 2.45) is 0 Å². The van der Waals surface area contributed by atoms with Crippen molar-refractivity contribution in [2.75, 3.05) is 13.1 Å². The van der Waals surface area contributed by atoms with Gasteiger partial charge in [-0.1, -0.05) is 19.1 Å². The number of nitriles is 1. The van der Waals surface area contributed by atoms with Gasteiger partial charge in [-0.25, -0.2) is 0 Å². The Kier molecular flexibility index (Phi) is 5.76. The summed E-state index contributed by atoms with van der Waals surface area (Å²) in [6.45, 7) is 3.76. The van der Waals surface area contributed by atoms with Gasteiger partial charge in [0.1, 0.15) is 0 Å². The van der Waals surface area contributed by atoms with Gasteiger partial charge in [0.15, 0.2) is 0 Å². The molecular formula is C13H17N3O. The third kappa shape index (κ3) is 5.14. The predicted molar refractivity (Wildman–Crippen MR) is 66.2 cm³/mol. The number of amides is 1. The maximum atomic E-state index is 11.4. The Labute approximate surface area is 102 Å². The number of hydrogen-bond donors (Lipinski definition) is 2. The first-order valence-corrected chi connectivity index (χ1v) is 5.72. The van der Waals surface area contributed by atoms with Crippen LogP contribution in [-0.2, 0) is 11.3 Å². The third-order valence-corrected chi connectivity index (χ3v) is 2.29. The Morgan fingerprint density at radius 3 is 2.65 bits per heavy atom. The van der Waals surface area contributed by atoms with Crippen LogP contribution in [-0.4, -0.2) is 19.0 Å². The van der Waals surface area contributed by atoms with E-state index in [4.69, 9.17) is 5.26 Å². The second kappa shape index (κ2) is 7.42. The Hall–Kier alpha value is -1.86. The molecule has 0 saturated carbocycles. The maximum Gasteiger partial charge on any atom is 0.234 e. The van der Waals surface area contributed by atoms with Crippen LogP contribution < -0.4 is 10.6 Å². The molecule has 1 amide bonds. The molecule has 4 nitrogen and oxygen atoms in total. The minimum absolute atomic E-state index is 0.0113. The average molecular weight is 231 g/mol. The van der Waals surface area contributed by atoms with Crippen LogP contribution >= 0.6 is 0 Å². The molecular weight excluding hydrogens is 214 g/mol. The van der Waals surface area contributed by atoms with E-state index in [1.54, 1.807) is 12.1 Å². The monoisotopic (exact) mass is 231 g/mol. The van der Waals surface area contributed by atoms with Gasteiger partial charge < -0.3 is 10.6 Å². The number of rotatable bonds is 6. The third-order valence-electron chi connectivity index (χ3n) is 2.29. The number of hydrogen-bond acceptors (Lipinski definition) is 3. The van der Waals surface area contributed by atoms with E-state index in [0.717, 1.165) is 18.5 Å². The van der Waals surface area contributed by atoms with E-state index >= 15 is 0 Å². The normalized spacial score (nSPS) is 9.65. The van der Waals surface area contributed by atoms with E-state index in [-0.39, 0.29) is 5.91 Å². The maximum absolute atomic E-state index is 11.4. The fraction of sp³-hybridized carbons (Fsp3) is 0.385. The highest BCUT2D eigenvalue weighted by atomic mass is 16.1. The zero-order chi connectivity index (χ0) is 12.5. The fourth-order valence-electron chi connectivity index (χ4n) is 1.34. The summed E-state index contributed by atoms with van der Waals surface area (Å²) in [7, 11) is 0. The molecule has 0 aliphatic heterocycles. The molecule has 17 heavy (non-hydrogen) atoms. The lowest BCUT2D eigenvalue weighted by atomic mass is 10.1. The minimum Gasteiger partial charge on any atom is -0.351 e. The van der Waals surface area contributed by atoms with Crippen LogP contribution in [0.25, 0.3) is 0 Å². The van der Waals surface area contributed by atoms with Gasteiger partial charge in [-0.2, -0.15) is 5.26 Å². The Bertz CT molecular complexity index is 392. The summed E-state index contributed by atoms with van der Waals surface area (Å²) in [5.41, 5.74) is 1.62. The highest BCUT2D eigenvalue weighted by Crippen LogP contribution is 2.02. The molecule has 0 saturated heterocycles. The van der Waals surface area contributed by atoms with E-state index in [9.17, 15) is 4.79 Å². The molecule has 0 heterocycles.